The molecule has 0 saturated carbocycles. The van der Waals surface area contributed by atoms with Crippen LogP contribution in [0.1, 0.15) is 18.1 Å². The van der Waals surface area contributed by atoms with E-state index in [-0.39, 0.29) is 0 Å². The summed E-state index contributed by atoms with van der Waals surface area (Å²) in [6.45, 7) is 2.96. The smallest absolute Gasteiger partial charge is 0.138 e. The Bertz CT molecular complexity index is 650. The fourth-order valence-corrected chi connectivity index (χ4v) is 3.08. The number of aromatic amines is 1. The number of nitrogens with zero attached hydrogens (tertiary/aromatic N) is 1. The van der Waals surface area contributed by atoms with E-state index in [9.17, 15) is 0 Å². The third-order valence-corrected chi connectivity index (χ3v) is 4.20. The van der Waals surface area contributed by atoms with Crippen LogP contribution in [0, 0.1) is 0 Å². The van der Waals surface area contributed by atoms with Gasteiger partial charge in [-0.3, -0.25) is 0 Å². The molecule has 1 aromatic heterocycles. The summed E-state index contributed by atoms with van der Waals surface area (Å²) in [5.41, 5.74) is 4.68. The zero-order chi connectivity index (χ0) is 15.0. The molecule has 0 atom stereocenters. The lowest BCUT2D eigenvalue weighted by molar-refractivity contribution is 0.414. The van der Waals surface area contributed by atoms with Crippen LogP contribution in [-0.2, 0) is 12.8 Å². The maximum atomic E-state index is 6.15. The van der Waals surface area contributed by atoms with Gasteiger partial charge in [0, 0.05) is 22.3 Å². The Balaban J connectivity index is 2.70. The van der Waals surface area contributed by atoms with Crippen molar-refractivity contribution in [3.05, 3.63) is 11.1 Å². The number of nitrogens with one attached hydrogen (secondary N) is 1. The molecule has 98 valence electrons. The molecule has 1 N–H and O–H groups in total. The summed E-state index contributed by atoms with van der Waals surface area (Å²) in [7, 11) is 22.4. The first-order chi connectivity index (χ1) is 9.38. The number of aromatic nitrogens is 1. The van der Waals surface area contributed by atoms with Crippen LogP contribution in [0.25, 0.3) is 10.9 Å². The number of benzene rings is 1. The van der Waals surface area contributed by atoms with Gasteiger partial charge in [0.1, 0.15) is 23.5 Å². The van der Waals surface area contributed by atoms with Crippen molar-refractivity contribution < 1.29 is 0 Å². The van der Waals surface area contributed by atoms with Crippen LogP contribution >= 0.6 is 12.6 Å². The number of H-pyrrole nitrogens is 1. The quantitative estimate of drug-likeness (QED) is 0.570. The average molecular weight is 278 g/mol. The van der Waals surface area contributed by atoms with Gasteiger partial charge >= 0.3 is 0 Å². The second kappa shape index (κ2) is 5.94. The van der Waals surface area contributed by atoms with Crippen molar-refractivity contribution in [2.45, 2.75) is 24.7 Å². The molecule has 6 radical (unpaired) electrons. The normalized spacial score (nSPS) is 11.7. The minimum Gasteiger partial charge on any atom is -0.368 e. The molecule has 2 aromatic rings. The molecule has 0 aliphatic carbocycles. The molecule has 2 nitrogen and oxygen atoms in total. The van der Waals surface area contributed by atoms with Gasteiger partial charge in [0.15, 0.2) is 0 Å². The largest absolute Gasteiger partial charge is 0.368 e. The minimum absolute atomic E-state index is 0.567. The number of hydrogen-bond acceptors (Lipinski definition) is 2. The first-order valence-electron chi connectivity index (χ1n) is 6.71. The van der Waals surface area contributed by atoms with Crippen LogP contribution < -0.4 is 16.5 Å². The number of likely N-dealkylation sites (N-methyl/N-ethyl adjacent to an activating group) is 1. The van der Waals surface area contributed by atoms with Crippen LogP contribution in [0.15, 0.2) is 4.90 Å². The average Bonchev–Trinajstić information content (AvgIpc) is 2.71. The second-order valence-corrected chi connectivity index (χ2v) is 5.78. The lowest BCUT2D eigenvalue weighted by Gasteiger charge is -2.15. The van der Waals surface area contributed by atoms with Crippen LogP contribution in [-0.4, -0.2) is 54.1 Å². The molecule has 0 bridgehead atoms. The van der Waals surface area contributed by atoms with Gasteiger partial charge in [-0.2, -0.15) is 0 Å². The SMILES string of the molecule is [B]c1[nH]c2c([B])c([B])c(CC)c(S)c2c1CCN(C)C. The number of thiol groups is 1. The van der Waals surface area contributed by atoms with Gasteiger partial charge in [-0.05, 0) is 43.7 Å². The molecular weight excluding hydrogens is 261 g/mol. The molecule has 0 spiro atoms. The topological polar surface area (TPSA) is 19.0 Å². The van der Waals surface area contributed by atoms with Crippen molar-refractivity contribution >= 4 is 63.6 Å². The molecule has 6 heteroatoms. The van der Waals surface area contributed by atoms with E-state index in [1.165, 1.54) is 0 Å². The highest BCUT2D eigenvalue weighted by Gasteiger charge is 2.17. The minimum atomic E-state index is 0.567. The van der Waals surface area contributed by atoms with Gasteiger partial charge in [0.05, 0.1) is 0 Å². The monoisotopic (exact) mass is 278 g/mol. The summed E-state index contributed by atoms with van der Waals surface area (Å²) >= 11 is 4.66. The van der Waals surface area contributed by atoms with E-state index >= 15 is 0 Å². The number of fused-ring (bicyclic) bond motifs is 1. The Morgan fingerprint density at radius 1 is 1.10 bits per heavy atom. The fraction of sp³-hybridized carbons (Fsp3) is 0.429. The highest BCUT2D eigenvalue weighted by atomic mass is 32.1. The van der Waals surface area contributed by atoms with Crippen molar-refractivity contribution in [2.75, 3.05) is 20.6 Å². The predicted octanol–water partition coefficient (Wildman–Crippen LogP) is -0.496. The van der Waals surface area contributed by atoms with E-state index in [1.807, 2.05) is 21.0 Å². The summed E-state index contributed by atoms with van der Waals surface area (Å²) in [6, 6.07) is 0. The molecule has 0 amide bonds. The van der Waals surface area contributed by atoms with E-state index in [2.05, 4.69) is 22.5 Å². The van der Waals surface area contributed by atoms with Gasteiger partial charge in [-0.15, -0.1) is 12.6 Å². The van der Waals surface area contributed by atoms with E-state index in [0.717, 1.165) is 46.3 Å². The number of rotatable bonds is 4. The lowest BCUT2D eigenvalue weighted by Crippen LogP contribution is -2.30. The van der Waals surface area contributed by atoms with Gasteiger partial charge in [0.2, 0.25) is 0 Å². The third-order valence-electron chi connectivity index (χ3n) is 3.71. The van der Waals surface area contributed by atoms with Crippen LogP contribution in [0.4, 0.5) is 0 Å². The van der Waals surface area contributed by atoms with Gasteiger partial charge in [-0.1, -0.05) is 17.8 Å². The molecule has 20 heavy (non-hydrogen) atoms. The zero-order valence-corrected chi connectivity index (χ0v) is 13.1. The third kappa shape index (κ3) is 2.56. The Morgan fingerprint density at radius 3 is 2.30 bits per heavy atom. The molecule has 0 unspecified atom stereocenters. The first kappa shape index (κ1) is 15.6. The van der Waals surface area contributed by atoms with Gasteiger partial charge in [0.25, 0.3) is 0 Å². The highest BCUT2D eigenvalue weighted by molar-refractivity contribution is 7.80. The van der Waals surface area contributed by atoms with Crippen molar-refractivity contribution in [1.82, 2.24) is 9.88 Å². The summed E-state index contributed by atoms with van der Waals surface area (Å²) < 4.78 is 0. The van der Waals surface area contributed by atoms with E-state index in [1.54, 1.807) is 0 Å². The summed E-state index contributed by atoms with van der Waals surface area (Å²) in [4.78, 5) is 6.17. The Kier molecular flexibility index (Phi) is 4.65. The van der Waals surface area contributed by atoms with Crippen molar-refractivity contribution in [2.24, 2.45) is 0 Å². The Morgan fingerprint density at radius 2 is 1.75 bits per heavy atom. The van der Waals surface area contributed by atoms with Crippen LogP contribution in [0.3, 0.4) is 0 Å². The molecule has 0 aliphatic heterocycles. The lowest BCUT2D eigenvalue weighted by atomic mass is 9.75. The van der Waals surface area contributed by atoms with Crippen LogP contribution in [0.2, 0.25) is 0 Å². The number of hydrogen-bond donors (Lipinski definition) is 2. The summed E-state index contributed by atoms with van der Waals surface area (Å²) in [5, 5.41) is 1.01. The molecule has 1 aromatic carbocycles. The summed E-state index contributed by atoms with van der Waals surface area (Å²) in [6.07, 6.45) is 1.64. The van der Waals surface area contributed by atoms with Crippen LogP contribution in [0.5, 0.6) is 0 Å². The maximum absolute atomic E-state index is 6.15. The van der Waals surface area contributed by atoms with E-state index in [0.29, 0.717) is 16.5 Å². The highest BCUT2D eigenvalue weighted by Crippen LogP contribution is 2.26. The molecule has 1 heterocycles. The maximum Gasteiger partial charge on any atom is 0.138 e. The van der Waals surface area contributed by atoms with Gasteiger partial charge < -0.3 is 9.88 Å². The van der Waals surface area contributed by atoms with E-state index in [4.69, 9.17) is 23.5 Å². The Hall–Kier alpha value is -0.735. The predicted molar refractivity (Wildman–Crippen MR) is 93.4 cm³/mol. The molecule has 0 saturated heterocycles. The molecule has 0 aliphatic rings. The van der Waals surface area contributed by atoms with Gasteiger partial charge in [-0.25, -0.2) is 0 Å². The molecular formula is C14H17B3N2S. The molecule has 0 fully saturated rings. The first-order valence-corrected chi connectivity index (χ1v) is 7.16. The van der Waals surface area contributed by atoms with E-state index < -0.39 is 0 Å². The standard InChI is InChI=1S/C14H17B3N2S/c1-4-7-10(15)11(16)12-9(13(7)20)8(14(17)18-12)5-6-19(2)3/h18,20H,4-6H2,1-3H3. The zero-order valence-electron chi connectivity index (χ0n) is 12.2. The van der Waals surface area contributed by atoms with Crippen molar-refractivity contribution in [3.8, 4) is 0 Å². The fourth-order valence-electron chi connectivity index (χ4n) is 2.55. The van der Waals surface area contributed by atoms with Crippen molar-refractivity contribution in [3.63, 3.8) is 0 Å². The Labute approximate surface area is 130 Å². The summed E-state index contributed by atoms with van der Waals surface area (Å²) in [5.74, 6) is 0. The molecule has 2 rings (SSSR count). The second-order valence-electron chi connectivity index (χ2n) is 5.33. The van der Waals surface area contributed by atoms with Crippen molar-refractivity contribution in [1.29, 1.82) is 0 Å².